The van der Waals surface area contributed by atoms with Crippen LogP contribution in [0.5, 0.6) is 11.8 Å². The Morgan fingerprint density at radius 2 is 1.72 bits per heavy atom. The van der Waals surface area contributed by atoms with Crippen molar-refractivity contribution in [2.45, 2.75) is 43.5 Å². The van der Waals surface area contributed by atoms with Crippen LogP contribution in [-0.2, 0) is 19.5 Å². The van der Waals surface area contributed by atoms with E-state index in [1.807, 2.05) is 0 Å². The fourth-order valence-corrected chi connectivity index (χ4v) is 6.28. The maximum Gasteiger partial charge on any atom is 0.245 e. The monoisotopic (exact) mass is 580 g/mol. The molecule has 3 aromatic rings. The molecule has 0 radical (unpaired) electrons. The number of methoxy groups -OCH3 is 3. The van der Waals surface area contributed by atoms with Gasteiger partial charge in [-0.25, -0.2) is 18.4 Å². The smallest absolute Gasteiger partial charge is 0.245 e. The van der Waals surface area contributed by atoms with Crippen LogP contribution >= 0.6 is 11.6 Å². The van der Waals surface area contributed by atoms with Crippen molar-refractivity contribution >= 4 is 27.6 Å². The zero-order chi connectivity index (χ0) is 27.8. The van der Waals surface area contributed by atoms with Crippen molar-refractivity contribution in [3.05, 3.63) is 35.4 Å². The molecule has 5 rings (SSSR count). The number of sulfonamides is 1. The van der Waals surface area contributed by atoms with Gasteiger partial charge in [-0.3, -0.25) is 9.29 Å². The Balaban J connectivity index is 1.56. The van der Waals surface area contributed by atoms with Crippen LogP contribution in [0.15, 0.2) is 18.7 Å². The fourth-order valence-electron chi connectivity index (χ4n) is 5.05. The first-order valence-corrected chi connectivity index (χ1v) is 14.2. The standard InChI is InChI=1S/C23H29ClN8O6S/c1-13(17(35-2)18-25-10-14(24)11-26-18)39(33,34)31-22-30-29-19(15-9-23(15)5-7-38-8-6-23)32(22)16-20(36-3)27-12-28-21(16)37-4/h10-13,15,17H,5-9H2,1-4H3,(H,30,31)/t13?,15-,17?/m1/s1. The third-order valence-corrected chi connectivity index (χ3v) is 9.23. The average Bonchev–Trinajstić information content (AvgIpc) is 3.47. The summed E-state index contributed by atoms with van der Waals surface area (Å²) in [6.45, 7) is 2.81. The number of rotatable bonds is 10. The van der Waals surface area contributed by atoms with E-state index in [0.717, 1.165) is 19.3 Å². The van der Waals surface area contributed by atoms with Crippen molar-refractivity contribution in [1.82, 2.24) is 34.7 Å². The minimum atomic E-state index is -4.13. The summed E-state index contributed by atoms with van der Waals surface area (Å²) in [5, 5.41) is 7.88. The third-order valence-electron chi connectivity index (χ3n) is 7.34. The van der Waals surface area contributed by atoms with Gasteiger partial charge >= 0.3 is 0 Å². The van der Waals surface area contributed by atoms with Gasteiger partial charge in [-0.05, 0) is 31.6 Å². The van der Waals surface area contributed by atoms with Gasteiger partial charge in [-0.2, -0.15) is 9.97 Å². The lowest BCUT2D eigenvalue weighted by Gasteiger charge is -2.24. The molecule has 1 N–H and O–H groups in total. The van der Waals surface area contributed by atoms with Gasteiger partial charge in [0.25, 0.3) is 0 Å². The second-order valence-corrected chi connectivity index (χ2v) is 11.9. The molecule has 210 valence electrons. The van der Waals surface area contributed by atoms with Crippen LogP contribution in [-0.4, -0.2) is 82.9 Å². The van der Waals surface area contributed by atoms with Gasteiger partial charge in [0.05, 0.1) is 19.2 Å². The zero-order valence-corrected chi connectivity index (χ0v) is 23.4. The van der Waals surface area contributed by atoms with Gasteiger partial charge in [-0.1, -0.05) is 11.6 Å². The lowest BCUT2D eigenvalue weighted by molar-refractivity contribution is 0.0553. The molecular formula is C23H29ClN8O6S. The molecule has 1 saturated heterocycles. The Morgan fingerprint density at radius 3 is 2.31 bits per heavy atom. The molecule has 16 heteroatoms. The Morgan fingerprint density at radius 1 is 1.08 bits per heavy atom. The summed E-state index contributed by atoms with van der Waals surface area (Å²) in [5.41, 5.74) is 0.293. The lowest BCUT2D eigenvalue weighted by Crippen LogP contribution is -2.33. The number of anilines is 1. The highest BCUT2D eigenvalue weighted by molar-refractivity contribution is 7.93. The first-order valence-electron chi connectivity index (χ1n) is 12.2. The average molecular weight is 581 g/mol. The predicted molar refractivity (Wildman–Crippen MR) is 139 cm³/mol. The minimum absolute atomic E-state index is 0.00957. The molecule has 0 bridgehead atoms. The summed E-state index contributed by atoms with van der Waals surface area (Å²) >= 11 is 5.90. The van der Waals surface area contributed by atoms with Crippen molar-refractivity contribution < 1.29 is 27.4 Å². The van der Waals surface area contributed by atoms with E-state index in [-0.39, 0.29) is 40.6 Å². The number of aromatic nitrogens is 7. The van der Waals surface area contributed by atoms with Crippen molar-refractivity contribution in [2.75, 3.05) is 39.3 Å². The molecule has 2 aliphatic rings. The van der Waals surface area contributed by atoms with Crippen LogP contribution in [0.1, 0.15) is 49.9 Å². The summed E-state index contributed by atoms with van der Waals surface area (Å²) in [6.07, 6.45) is 5.67. The largest absolute Gasteiger partial charge is 0.479 e. The first-order chi connectivity index (χ1) is 18.7. The van der Waals surface area contributed by atoms with E-state index in [2.05, 4.69) is 34.9 Å². The molecule has 0 amide bonds. The molecule has 2 unspecified atom stereocenters. The highest BCUT2D eigenvalue weighted by Crippen LogP contribution is 2.64. The summed E-state index contributed by atoms with van der Waals surface area (Å²) < 4.78 is 53.5. The van der Waals surface area contributed by atoms with Crippen LogP contribution < -0.4 is 14.2 Å². The molecular weight excluding hydrogens is 552 g/mol. The number of hydrogen-bond acceptors (Lipinski definition) is 12. The van der Waals surface area contributed by atoms with Gasteiger partial charge in [0.15, 0.2) is 11.5 Å². The summed E-state index contributed by atoms with van der Waals surface area (Å²) in [4.78, 5) is 16.7. The van der Waals surface area contributed by atoms with Crippen molar-refractivity contribution in [3.63, 3.8) is 0 Å². The van der Waals surface area contributed by atoms with Gasteiger partial charge in [0.2, 0.25) is 27.7 Å². The number of halogens is 1. The van der Waals surface area contributed by atoms with E-state index in [1.165, 1.54) is 47.0 Å². The molecule has 4 heterocycles. The maximum atomic E-state index is 13.7. The topological polar surface area (TPSA) is 165 Å². The van der Waals surface area contributed by atoms with E-state index in [0.29, 0.717) is 24.1 Å². The molecule has 2 fully saturated rings. The molecule has 3 aromatic heterocycles. The van der Waals surface area contributed by atoms with Gasteiger partial charge in [0.1, 0.15) is 23.5 Å². The van der Waals surface area contributed by atoms with Gasteiger partial charge < -0.3 is 18.9 Å². The number of hydrogen-bond donors (Lipinski definition) is 1. The van der Waals surface area contributed by atoms with Crippen LogP contribution in [0.2, 0.25) is 5.02 Å². The molecule has 3 atom stereocenters. The summed E-state index contributed by atoms with van der Waals surface area (Å²) in [6, 6.07) is 0. The normalized spacial score (nSPS) is 19.9. The number of nitrogens with one attached hydrogen (secondary N) is 1. The van der Waals surface area contributed by atoms with E-state index in [9.17, 15) is 8.42 Å². The zero-order valence-electron chi connectivity index (χ0n) is 21.9. The molecule has 1 aliphatic carbocycles. The van der Waals surface area contributed by atoms with Gasteiger partial charge in [0, 0.05) is 38.6 Å². The molecule has 0 aromatic carbocycles. The van der Waals surface area contributed by atoms with Crippen LogP contribution in [0.25, 0.3) is 5.69 Å². The Hall–Kier alpha value is -3.14. The third kappa shape index (κ3) is 5.11. The van der Waals surface area contributed by atoms with Crippen LogP contribution in [0, 0.1) is 5.41 Å². The minimum Gasteiger partial charge on any atom is -0.479 e. The molecule has 1 saturated carbocycles. The van der Waals surface area contributed by atoms with Gasteiger partial charge in [-0.15, -0.1) is 10.2 Å². The lowest BCUT2D eigenvalue weighted by atomic mass is 9.93. The molecule has 39 heavy (non-hydrogen) atoms. The maximum absolute atomic E-state index is 13.7. The quantitative estimate of drug-likeness (QED) is 0.372. The van der Waals surface area contributed by atoms with Crippen LogP contribution in [0.4, 0.5) is 5.95 Å². The second-order valence-electron chi connectivity index (χ2n) is 9.46. The Labute approximate surface area is 230 Å². The summed E-state index contributed by atoms with van der Waals surface area (Å²) in [7, 11) is 0.154. The highest BCUT2D eigenvalue weighted by Gasteiger charge is 2.57. The van der Waals surface area contributed by atoms with E-state index in [4.69, 9.17) is 30.5 Å². The number of nitrogens with zero attached hydrogens (tertiary/aromatic N) is 7. The molecule has 1 spiro atoms. The van der Waals surface area contributed by atoms with E-state index >= 15 is 0 Å². The van der Waals surface area contributed by atoms with E-state index < -0.39 is 21.4 Å². The Kier molecular flexibility index (Phi) is 7.59. The highest BCUT2D eigenvalue weighted by atomic mass is 35.5. The molecule has 1 aliphatic heterocycles. The number of ether oxygens (including phenoxy) is 4. The van der Waals surface area contributed by atoms with Crippen molar-refractivity contribution in [3.8, 4) is 17.4 Å². The van der Waals surface area contributed by atoms with E-state index in [1.54, 1.807) is 4.57 Å². The second kappa shape index (κ2) is 10.8. The fraction of sp³-hybridized carbons (Fsp3) is 0.565. The first kappa shape index (κ1) is 27.4. The van der Waals surface area contributed by atoms with Crippen molar-refractivity contribution in [2.24, 2.45) is 5.41 Å². The molecule has 14 nitrogen and oxygen atoms in total. The van der Waals surface area contributed by atoms with Crippen molar-refractivity contribution in [1.29, 1.82) is 0 Å². The van der Waals surface area contributed by atoms with Crippen LogP contribution in [0.3, 0.4) is 0 Å². The Bertz CT molecular complexity index is 1410. The predicted octanol–water partition coefficient (Wildman–Crippen LogP) is 2.32. The SMILES string of the molecule is COc1ncnc(OC)c1-n1c(NS(=O)(=O)C(C)C(OC)c2ncc(Cl)cn2)nnc1[C@H]1CC12CCOCC2. The summed E-state index contributed by atoms with van der Waals surface area (Å²) in [5.74, 6) is 1.02.